The fourth-order valence-electron chi connectivity index (χ4n) is 2.56. The first-order valence-electron chi connectivity index (χ1n) is 8.20. The number of carbonyl (C=O) groups is 1. The summed E-state index contributed by atoms with van der Waals surface area (Å²) in [6.07, 6.45) is 3.45. The van der Waals surface area contributed by atoms with Crippen LogP contribution in [0.25, 0.3) is 21.6 Å². The average Bonchev–Trinajstić information content (AvgIpc) is 3.23. The molecule has 0 atom stereocenters. The lowest BCUT2D eigenvalue weighted by Gasteiger charge is -2.03. The number of thioether (sulfide) groups is 1. The standard InChI is InChI=1S/C18H16N6OS2/c1-11-5-6-13-14(8-11)27-17(20-13)21-15(25)10-26-18-23-22-16(24(18)2)12-4-3-7-19-9-12/h3-9H,10H2,1-2H3,(H,20,21,25). The molecule has 1 aromatic carbocycles. The van der Waals surface area contributed by atoms with E-state index in [1.54, 1.807) is 12.4 Å². The van der Waals surface area contributed by atoms with Crippen molar-refractivity contribution in [3.05, 3.63) is 48.3 Å². The van der Waals surface area contributed by atoms with Gasteiger partial charge in [-0.15, -0.1) is 10.2 Å². The molecule has 9 heteroatoms. The van der Waals surface area contributed by atoms with Gasteiger partial charge < -0.3 is 9.88 Å². The summed E-state index contributed by atoms with van der Waals surface area (Å²) >= 11 is 2.81. The van der Waals surface area contributed by atoms with E-state index >= 15 is 0 Å². The zero-order chi connectivity index (χ0) is 18.8. The van der Waals surface area contributed by atoms with Crippen molar-refractivity contribution in [1.82, 2.24) is 24.7 Å². The van der Waals surface area contributed by atoms with E-state index in [0.29, 0.717) is 16.1 Å². The number of aryl methyl sites for hydroxylation is 1. The number of hydrogen-bond acceptors (Lipinski definition) is 7. The van der Waals surface area contributed by atoms with Crippen LogP contribution in [0, 0.1) is 6.92 Å². The number of benzene rings is 1. The van der Waals surface area contributed by atoms with Crippen LogP contribution in [0.2, 0.25) is 0 Å². The van der Waals surface area contributed by atoms with Gasteiger partial charge in [-0.1, -0.05) is 29.2 Å². The van der Waals surface area contributed by atoms with E-state index in [9.17, 15) is 4.79 Å². The summed E-state index contributed by atoms with van der Waals surface area (Å²) < 4.78 is 2.92. The molecule has 0 aliphatic rings. The number of anilines is 1. The van der Waals surface area contributed by atoms with Crippen molar-refractivity contribution in [3.63, 3.8) is 0 Å². The number of aromatic nitrogens is 5. The van der Waals surface area contributed by atoms with Crippen LogP contribution in [0.4, 0.5) is 5.13 Å². The Labute approximate surface area is 163 Å². The monoisotopic (exact) mass is 396 g/mol. The van der Waals surface area contributed by atoms with Crippen molar-refractivity contribution < 1.29 is 4.79 Å². The molecule has 136 valence electrons. The Bertz CT molecular complexity index is 1110. The van der Waals surface area contributed by atoms with E-state index in [1.165, 1.54) is 28.7 Å². The minimum atomic E-state index is -0.123. The number of rotatable bonds is 5. The molecule has 27 heavy (non-hydrogen) atoms. The summed E-state index contributed by atoms with van der Waals surface area (Å²) in [5.41, 5.74) is 2.95. The Balaban J connectivity index is 1.41. The molecule has 3 aromatic heterocycles. The van der Waals surface area contributed by atoms with Crippen LogP contribution < -0.4 is 5.32 Å². The molecule has 7 nitrogen and oxygen atoms in total. The Morgan fingerprint density at radius 1 is 1.30 bits per heavy atom. The fraction of sp³-hybridized carbons (Fsp3) is 0.167. The third-order valence-electron chi connectivity index (χ3n) is 3.88. The Hall–Kier alpha value is -2.78. The van der Waals surface area contributed by atoms with Crippen molar-refractivity contribution >= 4 is 44.4 Å². The van der Waals surface area contributed by atoms with Crippen molar-refractivity contribution in [2.75, 3.05) is 11.1 Å². The van der Waals surface area contributed by atoms with Crippen molar-refractivity contribution in [2.24, 2.45) is 7.05 Å². The second-order valence-electron chi connectivity index (χ2n) is 5.93. The largest absolute Gasteiger partial charge is 0.305 e. The van der Waals surface area contributed by atoms with Gasteiger partial charge in [-0.3, -0.25) is 9.78 Å². The molecule has 3 heterocycles. The minimum absolute atomic E-state index is 0.123. The molecular formula is C18H16N6OS2. The molecular weight excluding hydrogens is 380 g/mol. The summed E-state index contributed by atoms with van der Waals surface area (Å²) in [4.78, 5) is 20.8. The smallest absolute Gasteiger partial charge is 0.236 e. The predicted octanol–water partition coefficient (Wildman–Crippen LogP) is 3.53. The van der Waals surface area contributed by atoms with Gasteiger partial charge in [0, 0.05) is 25.0 Å². The highest BCUT2D eigenvalue weighted by atomic mass is 32.2. The van der Waals surface area contributed by atoms with E-state index in [1.807, 2.05) is 42.8 Å². The van der Waals surface area contributed by atoms with Gasteiger partial charge >= 0.3 is 0 Å². The highest BCUT2D eigenvalue weighted by molar-refractivity contribution is 7.99. The van der Waals surface area contributed by atoms with Crippen LogP contribution in [-0.2, 0) is 11.8 Å². The van der Waals surface area contributed by atoms with Crippen LogP contribution >= 0.6 is 23.1 Å². The molecule has 0 saturated heterocycles. The number of thiazole rings is 1. The highest BCUT2D eigenvalue weighted by Gasteiger charge is 2.14. The normalized spacial score (nSPS) is 11.0. The van der Waals surface area contributed by atoms with Gasteiger partial charge in [0.15, 0.2) is 16.1 Å². The van der Waals surface area contributed by atoms with Crippen molar-refractivity contribution in [3.8, 4) is 11.4 Å². The quantitative estimate of drug-likeness (QED) is 0.520. The van der Waals surface area contributed by atoms with E-state index in [2.05, 4.69) is 31.5 Å². The zero-order valence-corrected chi connectivity index (χ0v) is 16.3. The first kappa shape index (κ1) is 17.6. The number of hydrogen-bond donors (Lipinski definition) is 1. The number of pyridine rings is 1. The van der Waals surface area contributed by atoms with Crippen LogP contribution in [-0.4, -0.2) is 36.4 Å². The van der Waals surface area contributed by atoms with Gasteiger partial charge in [0.25, 0.3) is 0 Å². The first-order chi connectivity index (χ1) is 13.1. The number of nitrogens with one attached hydrogen (secondary N) is 1. The van der Waals surface area contributed by atoms with Gasteiger partial charge in [0.05, 0.1) is 16.0 Å². The number of fused-ring (bicyclic) bond motifs is 1. The molecule has 4 aromatic rings. The summed E-state index contributed by atoms with van der Waals surface area (Å²) in [5.74, 6) is 0.822. The maximum atomic E-state index is 12.3. The first-order valence-corrected chi connectivity index (χ1v) is 10.00. The second kappa shape index (κ2) is 7.45. The highest BCUT2D eigenvalue weighted by Crippen LogP contribution is 2.27. The van der Waals surface area contributed by atoms with E-state index in [4.69, 9.17) is 0 Å². The summed E-state index contributed by atoms with van der Waals surface area (Å²) in [7, 11) is 1.87. The topological polar surface area (TPSA) is 85.6 Å². The Kier molecular flexibility index (Phi) is 4.87. The zero-order valence-electron chi connectivity index (χ0n) is 14.7. The minimum Gasteiger partial charge on any atom is -0.305 e. The molecule has 0 radical (unpaired) electrons. The molecule has 1 N–H and O–H groups in total. The van der Waals surface area contributed by atoms with Gasteiger partial charge in [-0.25, -0.2) is 4.98 Å². The number of carbonyl (C=O) groups excluding carboxylic acids is 1. The number of nitrogens with zero attached hydrogens (tertiary/aromatic N) is 5. The lowest BCUT2D eigenvalue weighted by atomic mass is 10.2. The molecule has 0 bridgehead atoms. The van der Waals surface area contributed by atoms with Gasteiger partial charge in [0.2, 0.25) is 5.91 Å². The summed E-state index contributed by atoms with van der Waals surface area (Å²) in [6.45, 7) is 2.04. The molecule has 0 saturated carbocycles. The van der Waals surface area contributed by atoms with Crippen LogP contribution in [0.5, 0.6) is 0 Å². The third-order valence-corrected chi connectivity index (χ3v) is 5.83. The fourth-order valence-corrected chi connectivity index (χ4v) is 4.25. The maximum absolute atomic E-state index is 12.3. The molecule has 0 fully saturated rings. The average molecular weight is 397 g/mol. The van der Waals surface area contributed by atoms with E-state index in [-0.39, 0.29) is 11.7 Å². The van der Waals surface area contributed by atoms with Gasteiger partial charge in [-0.05, 0) is 36.8 Å². The van der Waals surface area contributed by atoms with Crippen LogP contribution in [0.15, 0.2) is 47.9 Å². The predicted molar refractivity (Wildman–Crippen MR) is 108 cm³/mol. The van der Waals surface area contributed by atoms with E-state index in [0.717, 1.165) is 15.8 Å². The summed E-state index contributed by atoms with van der Waals surface area (Å²) in [5, 5.41) is 12.5. The molecule has 0 spiro atoms. The molecule has 0 unspecified atom stereocenters. The lowest BCUT2D eigenvalue weighted by Crippen LogP contribution is -2.14. The Morgan fingerprint density at radius 3 is 3.00 bits per heavy atom. The molecule has 4 rings (SSSR count). The van der Waals surface area contributed by atoms with Crippen LogP contribution in [0.1, 0.15) is 5.56 Å². The summed E-state index contributed by atoms with van der Waals surface area (Å²) in [6, 6.07) is 9.82. The van der Waals surface area contributed by atoms with Crippen molar-refractivity contribution in [2.45, 2.75) is 12.1 Å². The second-order valence-corrected chi connectivity index (χ2v) is 7.91. The van der Waals surface area contributed by atoms with Crippen LogP contribution in [0.3, 0.4) is 0 Å². The van der Waals surface area contributed by atoms with Gasteiger partial charge in [-0.2, -0.15) is 0 Å². The molecule has 0 aliphatic heterocycles. The van der Waals surface area contributed by atoms with E-state index < -0.39 is 0 Å². The Morgan fingerprint density at radius 2 is 2.19 bits per heavy atom. The van der Waals surface area contributed by atoms with Gasteiger partial charge in [0.1, 0.15) is 0 Å². The molecule has 0 aliphatic carbocycles. The number of amides is 1. The molecule has 1 amide bonds. The third kappa shape index (κ3) is 3.83. The van der Waals surface area contributed by atoms with Crippen molar-refractivity contribution in [1.29, 1.82) is 0 Å². The SMILES string of the molecule is Cc1ccc2nc(NC(=O)CSc3nnc(-c4cccnc4)n3C)sc2c1. The lowest BCUT2D eigenvalue weighted by molar-refractivity contribution is -0.113. The maximum Gasteiger partial charge on any atom is 0.236 e.